The molecule has 0 spiro atoms. The SMILES string of the molecule is C[C@H](O)c1nccn1[C@@H](C#Cc1ccc(-c2ccc(O[C@@H]3CCOC[C@H]3O)cc2)cc1)COP(=O)(O)O. The fourth-order valence-electron chi connectivity index (χ4n) is 3.93. The van der Waals surface area contributed by atoms with Gasteiger partial charge in [0.2, 0.25) is 0 Å². The molecule has 0 bridgehead atoms. The lowest BCUT2D eigenvalue weighted by Gasteiger charge is -2.28. The molecule has 0 aliphatic carbocycles. The molecule has 0 amide bonds. The number of nitrogens with zero attached hydrogens (tertiary/aromatic N) is 2. The van der Waals surface area contributed by atoms with Crippen molar-refractivity contribution in [2.24, 2.45) is 0 Å². The van der Waals surface area contributed by atoms with Gasteiger partial charge in [-0.1, -0.05) is 36.1 Å². The molecule has 0 radical (unpaired) electrons. The third-order valence-corrected chi connectivity index (χ3v) is 6.30. The van der Waals surface area contributed by atoms with Crippen LogP contribution >= 0.6 is 7.82 Å². The molecule has 1 fully saturated rings. The monoisotopic (exact) mass is 528 g/mol. The Morgan fingerprint density at radius 3 is 2.46 bits per heavy atom. The van der Waals surface area contributed by atoms with Gasteiger partial charge < -0.3 is 34.0 Å². The topological polar surface area (TPSA) is 144 Å². The van der Waals surface area contributed by atoms with Crippen LogP contribution in [0.3, 0.4) is 0 Å². The van der Waals surface area contributed by atoms with Crippen LogP contribution in [-0.2, 0) is 13.8 Å². The van der Waals surface area contributed by atoms with Crippen LogP contribution in [0.4, 0.5) is 0 Å². The summed E-state index contributed by atoms with van der Waals surface area (Å²) in [5.74, 6) is 6.95. The number of benzene rings is 2. The van der Waals surface area contributed by atoms with Gasteiger partial charge in [0.1, 0.15) is 35.9 Å². The highest BCUT2D eigenvalue weighted by molar-refractivity contribution is 7.46. The number of hydrogen-bond acceptors (Lipinski definition) is 7. The Bertz CT molecular complexity index is 1270. The van der Waals surface area contributed by atoms with Crippen LogP contribution in [0.15, 0.2) is 60.9 Å². The summed E-state index contributed by atoms with van der Waals surface area (Å²) >= 11 is 0. The van der Waals surface area contributed by atoms with Crippen molar-refractivity contribution < 1.29 is 38.6 Å². The molecule has 4 rings (SSSR count). The van der Waals surface area contributed by atoms with E-state index in [1.807, 2.05) is 48.5 Å². The molecular formula is C26H29N2O8P. The number of rotatable bonds is 8. The normalized spacial score (nSPS) is 19.5. The van der Waals surface area contributed by atoms with Crippen molar-refractivity contribution >= 4 is 7.82 Å². The van der Waals surface area contributed by atoms with Crippen molar-refractivity contribution in [1.29, 1.82) is 0 Å². The molecule has 1 aromatic heterocycles. The van der Waals surface area contributed by atoms with Crippen molar-refractivity contribution in [2.75, 3.05) is 19.8 Å². The molecule has 37 heavy (non-hydrogen) atoms. The molecule has 11 heteroatoms. The Balaban J connectivity index is 1.46. The lowest BCUT2D eigenvalue weighted by molar-refractivity contribution is -0.0750. The molecule has 4 atom stereocenters. The van der Waals surface area contributed by atoms with Crippen LogP contribution in [0.25, 0.3) is 11.1 Å². The van der Waals surface area contributed by atoms with E-state index in [0.29, 0.717) is 30.2 Å². The second-order valence-corrected chi connectivity index (χ2v) is 9.87. The van der Waals surface area contributed by atoms with Gasteiger partial charge in [-0.25, -0.2) is 9.55 Å². The molecule has 4 N–H and O–H groups in total. The summed E-state index contributed by atoms with van der Waals surface area (Å²) in [6, 6.07) is 14.3. The maximum Gasteiger partial charge on any atom is 0.469 e. The highest BCUT2D eigenvalue weighted by atomic mass is 31.2. The second-order valence-electron chi connectivity index (χ2n) is 8.63. The van der Waals surface area contributed by atoms with Gasteiger partial charge in [-0.05, 0) is 42.3 Å². The third kappa shape index (κ3) is 7.51. The number of phosphoric ester groups is 1. The fraction of sp³-hybridized carbons (Fsp3) is 0.346. The lowest BCUT2D eigenvalue weighted by Crippen LogP contribution is -2.40. The van der Waals surface area contributed by atoms with E-state index in [2.05, 4.69) is 21.3 Å². The first-order valence-electron chi connectivity index (χ1n) is 11.7. The standard InChI is InChI=1S/C26H29N2O8P/c1-18(29)26-27-13-14-28(26)22(16-35-37(31,32)33)9-4-19-2-5-20(6-3-19)21-7-10-23(11-8-21)36-25-12-15-34-17-24(25)30/h2-3,5-8,10-11,13-14,18,22,24-25,29-30H,12,15-17H2,1H3,(H2,31,32,33)/t18-,22-,24+,25+/m0/s1. The summed E-state index contributed by atoms with van der Waals surface area (Å²) in [7, 11) is -4.70. The summed E-state index contributed by atoms with van der Waals surface area (Å²) in [5.41, 5.74) is 2.64. The van der Waals surface area contributed by atoms with E-state index in [9.17, 15) is 14.8 Å². The van der Waals surface area contributed by atoms with Gasteiger partial charge in [0.25, 0.3) is 0 Å². The van der Waals surface area contributed by atoms with Crippen molar-refractivity contribution in [3.8, 4) is 28.7 Å². The number of imidazole rings is 1. The first-order valence-corrected chi connectivity index (χ1v) is 13.3. The van der Waals surface area contributed by atoms with Gasteiger partial charge in [0, 0.05) is 24.4 Å². The summed E-state index contributed by atoms with van der Waals surface area (Å²) in [5, 5.41) is 20.0. The van der Waals surface area contributed by atoms with Crippen LogP contribution < -0.4 is 4.74 Å². The molecule has 2 heterocycles. The average molecular weight is 528 g/mol. The van der Waals surface area contributed by atoms with Crippen LogP contribution in [0, 0.1) is 11.8 Å². The van der Waals surface area contributed by atoms with E-state index in [1.165, 1.54) is 10.8 Å². The predicted molar refractivity (Wildman–Crippen MR) is 135 cm³/mol. The number of hydrogen-bond donors (Lipinski definition) is 4. The van der Waals surface area contributed by atoms with Gasteiger partial charge in [0.15, 0.2) is 0 Å². The van der Waals surface area contributed by atoms with E-state index in [-0.39, 0.29) is 19.3 Å². The minimum Gasteiger partial charge on any atom is -0.488 e. The van der Waals surface area contributed by atoms with Crippen LogP contribution in [0.1, 0.15) is 36.9 Å². The van der Waals surface area contributed by atoms with E-state index in [0.717, 1.165) is 11.1 Å². The predicted octanol–water partition coefficient (Wildman–Crippen LogP) is 2.83. The molecule has 1 aliphatic heterocycles. The number of phosphoric acid groups is 1. The smallest absolute Gasteiger partial charge is 0.469 e. The minimum absolute atomic E-state index is 0.277. The van der Waals surface area contributed by atoms with E-state index < -0.39 is 26.1 Å². The van der Waals surface area contributed by atoms with E-state index in [4.69, 9.17) is 19.3 Å². The maximum atomic E-state index is 11.2. The zero-order valence-corrected chi connectivity index (χ0v) is 21.1. The molecule has 1 aliphatic rings. The number of aliphatic hydroxyl groups is 2. The number of aromatic nitrogens is 2. The van der Waals surface area contributed by atoms with Crippen molar-refractivity contribution in [3.63, 3.8) is 0 Å². The molecule has 10 nitrogen and oxygen atoms in total. The summed E-state index contributed by atoms with van der Waals surface area (Å²) < 4.78 is 28.6. The number of ether oxygens (including phenoxy) is 2. The van der Waals surface area contributed by atoms with E-state index in [1.54, 1.807) is 13.1 Å². The summed E-state index contributed by atoms with van der Waals surface area (Å²) in [6.07, 6.45) is 1.87. The molecule has 0 unspecified atom stereocenters. The Labute approximate surface area is 214 Å². The van der Waals surface area contributed by atoms with Crippen LogP contribution in [0.2, 0.25) is 0 Å². The Kier molecular flexibility index (Phi) is 8.79. The van der Waals surface area contributed by atoms with Crippen molar-refractivity contribution in [3.05, 3.63) is 72.3 Å². The van der Waals surface area contributed by atoms with Gasteiger partial charge in [0.05, 0.1) is 19.8 Å². The summed E-state index contributed by atoms with van der Waals surface area (Å²) in [4.78, 5) is 22.3. The van der Waals surface area contributed by atoms with Crippen LogP contribution in [0.5, 0.6) is 5.75 Å². The molecule has 3 aromatic rings. The molecular weight excluding hydrogens is 499 g/mol. The van der Waals surface area contributed by atoms with Gasteiger partial charge >= 0.3 is 7.82 Å². The highest BCUT2D eigenvalue weighted by Crippen LogP contribution is 2.37. The largest absolute Gasteiger partial charge is 0.488 e. The second kappa shape index (κ2) is 12.0. The Morgan fingerprint density at radius 1 is 1.16 bits per heavy atom. The molecule has 1 saturated heterocycles. The molecule has 2 aromatic carbocycles. The Morgan fingerprint density at radius 2 is 1.84 bits per heavy atom. The van der Waals surface area contributed by atoms with Gasteiger partial charge in [-0.3, -0.25) is 4.52 Å². The highest BCUT2D eigenvalue weighted by Gasteiger charge is 2.25. The minimum atomic E-state index is -4.70. The zero-order chi connectivity index (χ0) is 26.4. The van der Waals surface area contributed by atoms with Crippen LogP contribution in [-0.4, -0.2) is 61.6 Å². The first-order chi connectivity index (χ1) is 17.7. The first kappa shape index (κ1) is 27.0. The maximum absolute atomic E-state index is 11.2. The van der Waals surface area contributed by atoms with E-state index >= 15 is 0 Å². The Hall–Kier alpha value is -3.00. The molecule has 196 valence electrons. The summed E-state index contributed by atoms with van der Waals surface area (Å²) in [6.45, 7) is 2.00. The third-order valence-electron chi connectivity index (χ3n) is 5.82. The lowest BCUT2D eigenvalue weighted by atomic mass is 10.0. The fourth-order valence-corrected chi connectivity index (χ4v) is 4.26. The van der Waals surface area contributed by atoms with Crippen molar-refractivity contribution in [1.82, 2.24) is 9.55 Å². The van der Waals surface area contributed by atoms with Gasteiger partial charge in [-0.15, -0.1) is 0 Å². The quantitative estimate of drug-likeness (QED) is 0.256. The molecule has 0 saturated carbocycles. The van der Waals surface area contributed by atoms with Gasteiger partial charge in [-0.2, -0.15) is 0 Å². The zero-order valence-electron chi connectivity index (χ0n) is 20.2. The van der Waals surface area contributed by atoms with Crippen molar-refractivity contribution in [2.45, 2.75) is 37.7 Å². The average Bonchev–Trinajstić information content (AvgIpc) is 3.36. The number of aliphatic hydroxyl groups excluding tert-OH is 2.